The predicted molar refractivity (Wildman–Crippen MR) is 89.0 cm³/mol. The fraction of sp³-hybridized carbons (Fsp3) is 0.824. The highest BCUT2D eigenvalue weighted by Crippen LogP contribution is 2.24. The second-order valence-corrected chi connectivity index (χ2v) is 7.87. The number of amides is 3. The molecule has 2 fully saturated rings. The molecule has 2 rings (SSSR count). The molecule has 2 N–H and O–H groups in total. The Morgan fingerprint density at radius 3 is 2.58 bits per heavy atom. The van der Waals surface area contributed by atoms with E-state index in [1.54, 1.807) is 9.80 Å². The molecule has 2 heterocycles. The van der Waals surface area contributed by atoms with E-state index in [0.717, 1.165) is 25.8 Å². The van der Waals surface area contributed by atoms with Crippen molar-refractivity contribution in [3.63, 3.8) is 0 Å². The first-order valence-electron chi connectivity index (χ1n) is 8.70. The van der Waals surface area contributed by atoms with Crippen LogP contribution in [0.25, 0.3) is 0 Å². The number of carbonyl (C=O) groups is 3. The molecule has 0 aromatic rings. The molecule has 2 unspecified atom stereocenters. The molecule has 136 valence electrons. The number of primary amides is 1. The molecule has 0 radical (unpaired) electrons. The van der Waals surface area contributed by atoms with E-state index in [9.17, 15) is 14.4 Å². The van der Waals surface area contributed by atoms with Crippen molar-refractivity contribution < 1.29 is 19.1 Å². The molecule has 7 nitrogen and oxygen atoms in total. The Morgan fingerprint density at radius 2 is 2.00 bits per heavy atom. The minimum atomic E-state index is -0.490. The smallest absolute Gasteiger partial charge is 0.410 e. The van der Waals surface area contributed by atoms with Crippen molar-refractivity contribution in [3.05, 3.63) is 0 Å². The highest BCUT2D eigenvalue weighted by Gasteiger charge is 2.34. The third kappa shape index (κ3) is 5.11. The third-order valence-electron chi connectivity index (χ3n) is 4.59. The van der Waals surface area contributed by atoms with Gasteiger partial charge < -0.3 is 20.3 Å². The molecule has 0 aliphatic carbocycles. The molecular formula is C17H29N3O4. The first-order valence-corrected chi connectivity index (χ1v) is 8.70. The molecule has 24 heavy (non-hydrogen) atoms. The number of rotatable bonds is 4. The second-order valence-electron chi connectivity index (χ2n) is 7.87. The maximum Gasteiger partial charge on any atom is 0.410 e. The predicted octanol–water partition coefficient (Wildman–Crippen LogP) is 1.36. The SMILES string of the molecule is CC(C)(C)OC(=O)N1CCCC(CCN2CC(C(N)=O)CC2=O)C1. The van der Waals surface area contributed by atoms with E-state index in [0.29, 0.717) is 25.6 Å². The van der Waals surface area contributed by atoms with Gasteiger partial charge in [0.05, 0.1) is 5.92 Å². The van der Waals surface area contributed by atoms with Crippen LogP contribution >= 0.6 is 0 Å². The zero-order valence-corrected chi connectivity index (χ0v) is 14.9. The van der Waals surface area contributed by atoms with Gasteiger partial charge in [0.15, 0.2) is 0 Å². The van der Waals surface area contributed by atoms with E-state index in [2.05, 4.69) is 0 Å². The second kappa shape index (κ2) is 7.40. The van der Waals surface area contributed by atoms with Crippen LogP contribution in [0.15, 0.2) is 0 Å². The maximum absolute atomic E-state index is 12.2. The molecule has 0 saturated carbocycles. The van der Waals surface area contributed by atoms with Crippen LogP contribution in [0, 0.1) is 11.8 Å². The molecule has 0 aromatic heterocycles. The summed E-state index contributed by atoms with van der Waals surface area (Å²) in [4.78, 5) is 38.8. The number of piperidine rings is 1. The number of carbonyl (C=O) groups excluding carboxylic acids is 3. The average molecular weight is 339 g/mol. The molecule has 0 spiro atoms. The topological polar surface area (TPSA) is 92.9 Å². The quantitative estimate of drug-likeness (QED) is 0.837. The third-order valence-corrected chi connectivity index (χ3v) is 4.59. The van der Waals surface area contributed by atoms with Gasteiger partial charge >= 0.3 is 6.09 Å². The van der Waals surface area contributed by atoms with E-state index in [-0.39, 0.29) is 24.3 Å². The summed E-state index contributed by atoms with van der Waals surface area (Å²) in [5.41, 5.74) is 4.80. The Bertz CT molecular complexity index is 501. The van der Waals surface area contributed by atoms with Crippen molar-refractivity contribution in [1.82, 2.24) is 9.80 Å². The van der Waals surface area contributed by atoms with Gasteiger partial charge in [0.2, 0.25) is 11.8 Å². The summed E-state index contributed by atoms with van der Waals surface area (Å²) in [6.45, 7) is 8.02. The van der Waals surface area contributed by atoms with Gasteiger partial charge in [-0.05, 0) is 46.0 Å². The van der Waals surface area contributed by atoms with Crippen molar-refractivity contribution in [1.29, 1.82) is 0 Å². The number of nitrogens with two attached hydrogens (primary N) is 1. The molecule has 7 heteroatoms. The number of ether oxygens (including phenoxy) is 1. The molecule has 2 saturated heterocycles. The van der Waals surface area contributed by atoms with Crippen LogP contribution in [0.4, 0.5) is 4.79 Å². The summed E-state index contributed by atoms with van der Waals surface area (Å²) in [7, 11) is 0. The van der Waals surface area contributed by atoms with Crippen molar-refractivity contribution >= 4 is 17.9 Å². The molecule has 2 aliphatic rings. The molecular weight excluding hydrogens is 310 g/mol. The van der Waals surface area contributed by atoms with Gasteiger partial charge in [-0.25, -0.2) is 4.79 Å². The van der Waals surface area contributed by atoms with Crippen molar-refractivity contribution in [2.24, 2.45) is 17.6 Å². The van der Waals surface area contributed by atoms with Crippen LogP contribution in [0.5, 0.6) is 0 Å². The van der Waals surface area contributed by atoms with E-state index in [1.807, 2.05) is 20.8 Å². The first-order chi connectivity index (χ1) is 11.2. The van der Waals surface area contributed by atoms with Crippen LogP contribution < -0.4 is 5.73 Å². The Morgan fingerprint density at radius 1 is 1.29 bits per heavy atom. The Kier molecular flexibility index (Phi) is 5.72. The van der Waals surface area contributed by atoms with E-state index < -0.39 is 11.5 Å². The summed E-state index contributed by atoms with van der Waals surface area (Å²) < 4.78 is 5.43. The van der Waals surface area contributed by atoms with Gasteiger partial charge in [-0.2, -0.15) is 0 Å². The van der Waals surface area contributed by atoms with Gasteiger partial charge in [-0.15, -0.1) is 0 Å². The van der Waals surface area contributed by atoms with Gasteiger partial charge in [-0.3, -0.25) is 9.59 Å². The van der Waals surface area contributed by atoms with Crippen molar-refractivity contribution in [2.75, 3.05) is 26.2 Å². The summed E-state index contributed by atoms with van der Waals surface area (Å²) in [5.74, 6) is -0.410. The Hall–Kier alpha value is -1.79. The number of hydrogen-bond acceptors (Lipinski definition) is 4. The van der Waals surface area contributed by atoms with Crippen molar-refractivity contribution in [2.45, 2.75) is 52.1 Å². The fourth-order valence-electron chi connectivity index (χ4n) is 3.31. The summed E-state index contributed by atoms with van der Waals surface area (Å²) >= 11 is 0. The Labute approximate surface area is 143 Å². The standard InChI is InChI=1S/C17H29N3O4/c1-17(2,3)24-16(23)20-7-4-5-12(10-20)6-8-19-11-13(15(18)22)9-14(19)21/h12-13H,4-11H2,1-3H3,(H2,18,22). The zero-order chi connectivity index (χ0) is 17.9. The number of nitrogens with zero attached hydrogens (tertiary/aromatic N) is 2. The molecule has 0 bridgehead atoms. The van der Waals surface area contributed by atoms with Crippen LogP contribution in [0.1, 0.15) is 46.5 Å². The lowest BCUT2D eigenvalue weighted by molar-refractivity contribution is -0.128. The maximum atomic E-state index is 12.2. The van der Waals surface area contributed by atoms with E-state index in [4.69, 9.17) is 10.5 Å². The largest absolute Gasteiger partial charge is 0.444 e. The number of hydrogen-bond donors (Lipinski definition) is 1. The molecule has 3 amide bonds. The average Bonchev–Trinajstić information content (AvgIpc) is 2.85. The highest BCUT2D eigenvalue weighted by atomic mass is 16.6. The normalized spacial score (nSPS) is 25.0. The van der Waals surface area contributed by atoms with Crippen LogP contribution in [0.2, 0.25) is 0 Å². The molecule has 0 aromatic carbocycles. The van der Waals surface area contributed by atoms with E-state index >= 15 is 0 Å². The minimum Gasteiger partial charge on any atom is -0.444 e. The summed E-state index contributed by atoms with van der Waals surface area (Å²) in [6, 6.07) is 0. The zero-order valence-electron chi connectivity index (χ0n) is 14.9. The van der Waals surface area contributed by atoms with Crippen LogP contribution in [-0.4, -0.2) is 59.5 Å². The van der Waals surface area contributed by atoms with Gasteiger partial charge in [-0.1, -0.05) is 0 Å². The van der Waals surface area contributed by atoms with E-state index in [1.165, 1.54) is 0 Å². The number of likely N-dealkylation sites (tertiary alicyclic amines) is 2. The van der Waals surface area contributed by atoms with Crippen molar-refractivity contribution in [3.8, 4) is 0 Å². The van der Waals surface area contributed by atoms with Gasteiger partial charge in [0.1, 0.15) is 5.60 Å². The summed E-state index contributed by atoms with van der Waals surface area (Å²) in [5, 5.41) is 0. The van der Waals surface area contributed by atoms with Gasteiger partial charge in [0.25, 0.3) is 0 Å². The van der Waals surface area contributed by atoms with Crippen LogP contribution in [-0.2, 0) is 14.3 Å². The molecule has 2 aliphatic heterocycles. The lowest BCUT2D eigenvalue weighted by Gasteiger charge is -2.34. The Balaban J connectivity index is 1.80. The first kappa shape index (κ1) is 18.5. The minimum absolute atomic E-state index is 0.00129. The monoisotopic (exact) mass is 339 g/mol. The lowest BCUT2D eigenvalue weighted by atomic mass is 9.95. The van der Waals surface area contributed by atoms with Gasteiger partial charge in [0, 0.05) is 32.6 Å². The lowest BCUT2D eigenvalue weighted by Crippen LogP contribution is -2.43. The molecule has 2 atom stereocenters. The highest BCUT2D eigenvalue weighted by molar-refractivity contribution is 5.88. The summed E-state index contributed by atoms with van der Waals surface area (Å²) in [6.07, 6.45) is 2.78. The fourth-order valence-corrected chi connectivity index (χ4v) is 3.31. The van der Waals surface area contributed by atoms with Crippen LogP contribution in [0.3, 0.4) is 0 Å².